The molecule has 1 saturated heterocycles. The fraction of sp³-hybridized carbons (Fsp3) is 0.583. The number of aliphatic carboxylic acids is 1. The van der Waals surface area contributed by atoms with Gasteiger partial charge in [-0.05, 0) is 6.92 Å². The first-order valence-electron chi connectivity index (χ1n) is 5.86. The summed E-state index contributed by atoms with van der Waals surface area (Å²) in [4.78, 5) is 35.9. The van der Waals surface area contributed by atoms with E-state index in [1.54, 1.807) is 4.90 Å². The summed E-state index contributed by atoms with van der Waals surface area (Å²) in [6.45, 7) is 3.24. The van der Waals surface area contributed by atoms with E-state index in [9.17, 15) is 14.4 Å². The highest BCUT2D eigenvalue weighted by Crippen LogP contribution is 2.16. The Morgan fingerprint density at radius 2 is 1.89 bits per heavy atom. The number of rotatable bonds is 4. The van der Waals surface area contributed by atoms with Crippen LogP contribution in [0.5, 0.6) is 0 Å². The average molecular weight is 271 g/mol. The number of ether oxygens (including phenoxy) is 2. The van der Waals surface area contributed by atoms with E-state index < -0.39 is 17.9 Å². The number of amides is 1. The molecule has 1 aliphatic heterocycles. The number of hydrogen-bond donors (Lipinski definition) is 1. The minimum atomic E-state index is -1.29. The lowest BCUT2D eigenvalue weighted by Crippen LogP contribution is -2.44. The van der Waals surface area contributed by atoms with Crippen LogP contribution in [-0.4, -0.2) is 61.3 Å². The molecule has 19 heavy (non-hydrogen) atoms. The Morgan fingerprint density at radius 1 is 1.32 bits per heavy atom. The molecule has 0 aromatic rings. The normalized spacial score (nSPS) is 17.8. The van der Waals surface area contributed by atoms with Gasteiger partial charge < -0.3 is 19.5 Å². The minimum absolute atomic E-state index is 0.161. The van der Waals surface area contributed by atoms with Crippen LogP contribution in [0.1, 0.15) is 6.92 Å². The van der Waals surface area contributed by atoms with Gasteiger partial charge in [0, 0.05) is 19.2 Å². The zero-order chi connectivity index (χ0) is 14.4. The summed E-state index contributed by atoms with van der Waals surface area (Å²) in [6, 6.07) is 0. The molecule has 0 aromatic heterocycles. The summed E-state index contributed by atoms with van der Waals surface area (Å²) in [5.41, 5.74) is -0.161. The topological polar surface area (TPSA) is 93.1 Å². The molecular formula is C12H17NO6. The van der Waals surface area contributed by atoms with Crippen molar-refractivity contribution in [3.8, 4) is 0 Å². The number of carboxylic acid groups (broad SMARTS) is 1. The van der Waals surface area contributed by atoms with Gasteiger partial charge in [-0.3, -0.25) is 4.79 Å². The second-order valence-corrected chi connectivity index (χ2v) is 4.09. The van der Waals surface area contributed by atoms with Crippen molar-refractivity contribution in [1.82, 2.24) is 4.90 Å². The molecule has 0 spiro atoms. The van der Waals surface area contributed by atoms with Crippen LogP contribution in [-0.2, 0) is 23.9 Å². The van der Waals surface area contributed by atoms with Gasteiger partial charge in [0.15, 0.2) is 0 Å². The monoisotopic (exact) mass is 271 g/mol. The van der Waals surface area contributed by atoms with Crippen LogP contribution in [0.25, 0.3) is 0 Å². The van der Waals surface area contributed by atoms with Crippen LogP contribution in [0.3, 0.4) is 0 Å². The molecule has 0 aromatic carbocycles. The summed E-state index contributed by atoms with van der Waals surface area (Å²) >= 11 is 0. The first-order valence-corrected chi connectivity index (χ1v) is 5.86. The number of morpholine rings is 1. The molecule has 0 aliphatic carbocycles. The third kappa shape index (κ3) is 4.06. The molecule has 0 radical (unpaired) electrons. The Balaban J connectivity index is 2.86. The summed E-state index contributed by atoms with van der Waals surface area (Å²) in [5, 5.41) is 8.74. The molecule has 1 aliphatic rings. The zero-order valence-corrected chi connectivity index (χ0v) is 10.9. The molecule has 1 unspecified atom stereocenters. The van der Waals surface area contributed by atoms with Crippen LogP contribution < -0.4 is 0 Å². The van der Waals surface area contributed by atoms with Gasteiger partial charge in [0.2, 0.25) is 5.91 Å². The van der Waals surface area contributed by atoms with Crippen LogP contribution in [0.2, 0.25) is 0 Å². The van der Waals surface area contributed by atoms with E-state index in [4.69, 9.17) is 9.84 Å². The van der Waals surface area contributed by atoms with Crippen molar-refractivity contribution in [1.29, 1.82) is 0 Å². The Labute approximate surface area is 110 Å². The van der Waals surface area contributed by atoms with Gasteiger partial charge in [-0.15, -0.1) is 0 Å². The molecule has 1 heterocycles. The van der Waals surface area contributed by atoms with Crippen molar-refractivity contribution in [2.75, 3.05) is 33.4 Å². The van der Waals surface area contributed by atoms with Crippen molar-refractivity contribution in [2.45, 2.75) is 6.92 Å². The third-order valence-corrected chi connectivity index (χ3v) is 2.86. The fourth-order valence-corrected chi connectivity index (χ4v) is 1.80. The van der Waals surface area contributed by atoms with Gasteiger partial charge in [-0.2, -0.15) is 0 Å². The van der Waals surface area contributed by atoms with Crippen LogP contribution in [0, 0.1) is 5.92 Å². The number of methoxy groups -OCH3 is 1. The maximum absolute atomic E-state index is 12.2. The van der Waals surface area contributed by atoms with Gasteiger partial charge in [0.1, 0.15) is 0 Å². The maximum Gasteiger partial charge on any atom is 0.334 e. The van der Waals surface area contributed by atoms with Crippen LogP contribution >= 0.6 is 0 Å². The summed E-state index contributed by atoms with van der Waals surface area (Å²) in [5.74, 6) is -3.26. The molecule has 0 bridgehead atoms. The second-order valence-electron chi connectivity index (χ2n) is 4.09. The number of carbonyl (C=O) groups excluding carboxylic acids is 2. The van der Waals surface area contributed by atoms with Gasteiger partial charge in [-0.25, -0.2) is 9.59 Å². The lowest BCUT2D eigenvalue weighted by atomic mass is 9.99. The highest BCUT2D eigenvalue weighted by atomic mass is 16.5. The molecule has 1 amide bonds. The number of hydrogen-bond acceptors (Lipinski definition) is 5. The standard InChI is InChI=1S/C12H17NO6/c1-8(9(7-10(14)15)12(17)18-2)11(16)13-3-5-19-6-4-13/h7-8H,3-6H2,1-2H3,(H,14,15)/b9-7+. The van der Waals surface area contributed by atoms with Gasteiger partial charge in [-0.1, -0.05) is 0 Å². The molecule has 1 N–H and O–H groups in total. The van der Waals surface area contributed by atoms with Crippen LogP contribution in [0.15, 0.2) is 11.6 Å². The summed E-state index contributed by atoms with van der Waals surface area (Å²) in [6.07, 6.45) is 0.717. The predicted octanol–water partition coefficient (Wildman–Crippen LogP) is -0.335. The Hall–Kier alpha value is -1.89. The molecule has 1 rings (SSSR count). The van der Waals surface area contributed by atoms with E-state index in [2.05, 4.69) is 4.74 Å². The number of carboxylic acids is 1. The van der Waals surface area contributed by atoms with Crippen molar-refractivity contribution >= 4 is 17.8 Å². The fourth-order valence-electron chi connectivity index (χ4n) is 1.80. The SMILES string of the molecule is COC(=O)/C(=C/C(=O)O)C(C)C(=O)N1CCOCC1. The van der Waals surface area contributed by atoms with E-state index >= 15 is 0 Å². The van der Waals surface area contributed by atoms with E-state index in [0.717, 1.165) is 13.2 Å². The lowest BCUT2D eigenvalue weighted by molar-refractivity contribution is -0.143. The van der Waals surface area contributed by atoms with Crippen molar-refractivity contribution in [3.05, 3.63) is 11.6 Å². The number of nitrogens with zero attached hydrogens (tertiary/aromatic N) is 1. The molecule has 7 heteroatoms. The Morgan fingerprint density at radius 3 is 2.37 bits per heavy atom. The third-order valence-electron chi connectivity index (χ3n) is 2.86. The summed E-state index contributed by atoms with van der Waals surface area (Å²) < 4.78 is 9.63. The van der Waals surface area contributed by atoms with Gasteiger partial charge in [0.25, 0.3) is 0 Å². The molecule has 1 atom stereocenters. The number of esters is 1. The van der Waals surface area contributed by atoms with E-state index in [0.29, 0.717) is 26.3 Å². The second kappa shape index (κ2) is 6.89. The van der Waals surface area contributed by atoms with Crippen LogP contribution in [0.4, 0.5) is 0 Å². The average Bonchev–Trinajstić information content (AvgIpc) is 2.43. The van der Waals surface area contributed by atoms with Crippen molar-refractivity contribution in [2.24, 2.45) is 5.92 Å². The lowest BCUT2D eigenvalue weighted by Gasteiger charge is -2.29. The highest BCUT2D eigenvalue weighted by molar-refractivity contribution is 6.01. The molecular weight excluding hydrogens is 254 g/mol. The smallest absolute Gasteiger partial charge is 0.334 e. The molecule has 1 fully saturated rings. The Kier molecular flexibility index (Phi) is 5.50. The first-order chi connectivity index (χ1) is 8.97. The minimum Gasteiger partial charge on any atom is -0.478 e. The predicted molar refractivity (Wildman–Crippen MR) is 64.3 cm³/mol. The van der Waals surface area contributed by atoms with Gasteiger partial charge in [0.05, 0.1) is 31.8 Å². The van der Waals surface area contributed by atoms with E-state index in [1.807, 2.05) is 0 Å². The van der Waals surface area contributed by atoms with Crippen molar-refractivity contribution < 1.29 is 29.0 Å². The highest BCUT2D eigenvalue weighted by Gasteiger charge is 2.29. The quantitative estimate of drug-likeness (QED) is 0.555. The largest absolute Gasteiger partial charge is 0.478 e. The maximum atomic E-state index is 12.2. The van der Waals surface area contributed by atoms with Gasteiger partial charge >= 0.3 is 11.9 Å². The van der Waals surface area contributed by atoms with E-state index in [1.165, 1.54) is 6.92 Å². The zero-order valence-electron chi connectivity index (χ0n) is 10.9. The molecule has 7 nitrogen and oxygen atoms in total. The number of carbonyl (C=O) groups is 3. The summed E-state index contributed by atoms with van der Waals surface area (Å²) in [7, 11) is 1.14. The van der Waals surface area contributed by atoms with Crippen molar-refractivity contribution in [3.63, 3.8) is 0 Å². The van der Waals surface area contributed by atoms with E-state index in [-0.39, 0.29) is 11.5 Å². The Bertz CT molecular complexity index is 397. The molecule has 106 valence electrons. The molecule has 0 saturated carbocycles. The first kappa shape index (κ1) is 15.2.